The van der Waals surface area contributed by atoms with Gasteiger partial charge < -0.3 is 10.1 Å². The lowest BCUT2D eigenvalue weighted by Crippen LogP contribution is -2.38. The minimum absolute atomic E-state index is 0.434. The summed E-state index contributed by atoms with van der Waals surface area (Å²) in [6, 6.07) is 0. The maximum absolute atomic E-state index is 6.32. The molecule has 0 aromatic rings. The van der Waals surface area contributed by atoms with Gasteiger partial charge in [0.2, 0.25) is 0 Å². The Morgan fingerprint density at radius 2 is 2.06 bits per heavy atom. The second-order valence-electron chi connectivity index (χ2n) is 7.29. The van der Waals surface area contributed by atoms with E-state index in [0.29, 0.717) is 16.9 Å². The highest BCUT2D eigenvalue weighted by Crippen LogP contribution is 2.66. The van der Waals surface area contributed by atoms with Gasteiger partial charge in [-0.15, -0.1) is 0 Å². The van der Waals surface area contributed by atoms with E-state index in [4.69, 9.17) is 4.74 Å². The van der Waals surface area contributed by atoms with E-state index in [0.717, 1.165) is 25.0 Å². The van der Waals surface area contributed by atoms with Gasteiger partial charge in [-0.05, 0) is 54.9 Å². The minimum atomic E-state index is 0.434. The van der Waals surface area contributed by atoms with Gasteiger partial charge >= 0.3 is 0 Å². The highest BCUT2D eigenvalue weighted by molar-refractivity contribution is 5.11. The maximum Gasteiger partial charge on any atom is 0.0636 e. The molecule has 3 fully saturated rings. The summed E-state index contributed by atoms with van der Waals surface area (Å²) >= 11 is 0. The molecule has 2 bridgehead atoms. The van der Waals surface area contributed by atoms with E-state index in [-0.39, 0.29) is 0 Å². The quantitative estimate of drug-likeness (QED) is 0.815. The topological polar surface area (TPSA) is 21.3 Å². The Balaban J connectivity index is 1.62. The fourth-order valence-electron chi connectivity index (χ4n) is 4.49. The van der Waals surface area contributed by atoms with Gasteiger partial charge in [-0.2, -0.15) is 0 Å². The van der Waals surface area contributed by atoms with Gasteiger partial charge in [-0.1, -0.05) is 20.8 Å². The molecule has 1 N–H and O–H groups in total. The van der Waals surface area contributed by atoms with Crippen LogP contribution in [0.2, 0.25) is 0 Å². The van der Waals surface area contributed by atoms with Crippen LogP contribution in [-0.4, -0.2) is 25.8 Å². The first kappa shape index (κ1) is 12.0. The van der Waals surface area contributed by atoms with Crippen molar-refractivity contribution in [3.63, 3.8) is 0 Å². The van der Waals surface area contributed by atoms with Crippen LogP contribution in [0.1, 0.15) is 46.5 Å². The van der Waals surface area contributed by atoms with Crippen molar-refractivity contribution < 1.29 is 4.74 Å². The predicted octanol–water partition coefficient (Wildman–Crippen LogP) is 2.83. The molecule has 2 nitrogen and oxygen atoms in total. The molecular formula is C15H27NO. The van der Waals surface area contributed by atoms with Crippen molar-refractivity contribution in [1.29, 1.82) is 0 Å². The molecule has 2 saturated carbocycles. The summed E-state index contributed by atoms with van der Waals surface area (Å²) in [7, 11) is 0. The molecule has 1 saturated heterocycles. The largest absolute Gasteiger partial charge is 0.377 e. The molecule has 4 atom stereocenters. The van der Waals surface area contributed by atoms with Crippen molar-refractivity contribution in [2.45, 2.75) is 52.6 Å². The van der Waals surface area contributed by atoms with Gasteiger partial charge in [0.1, 0.15) is 0 Å². The number of rotatable bonds is 3. The highest BCUT2D eigenvalue weighted by atomic mass is 16.5. The van der Waals surface area contributed by atoms with E-state index in [1.807, 2.05) is 0 Å². The minimum Gasteiger partial charge on any atom is -0.377 e. The van der Waals surface area contributed by atoms with E-state index in [1.54, 1.807) is 0 Å². The van der Waals surface area contributed by atoms with Crippen molar-refractivity contribution in [1.82, 2.24) is 5.32 Å². The van der Waals surface area contributed by atoms with Crippen LogP contribution in [0, 0.1) is 22.7 Å². The van der Waals surface area contributed by atoms with Crippen LogP contribution in [0.4, 0.5) is 0 Å². The number of fused-ring (bicyclic) bond motifs is 2. The average molecular weight is 237 g/mol. The fraction of sp³-hybridized carbons (Fsp3) is 1.00. The molecule has 1 aliphatic heterocycles. The van der Waals surface area contributed by atoms with E-state index in [9.17, 15) is 0 Å². The first-order valence-electron chi connectivity index (χ1n) is 7.36. The molecule has 98 valence electrons. The molecule has 1 heterocycles. The zero-order valence-corrected chi connectivity index (χ0v) is 11.6. The van der Waals surface area contributed by atoms with Crippen LogP contribution in [0.15, 0.2) is 0 Å². The number of hydrogen-bond acceptors (Lipinski definition) is 2. The monoisotopic (exact) mass is 237 g/mol. The summed E-state index contributed by atoms with van der Waals surface area (Å²) in [5.74, 6) is 1.67. The highest BCUT2D eigenvalue weighted by Gasteiger charge is 2.61. The van der Waals surface area contributed by atoms with E-state index >= 15 is 0 Å². The second kappa shape index (κ2) is 3.96. The third kappa shape index (κ3) is 1.67. The van der Waals surface area contributed by atoms with Gasteiger partial charge in [-0.25, -0.2) is 0 Å². The number of nitrogens with one attached hydrogen (secondary N) is 1. The van der Waals surface area contributed by atoms with Crippen LogP contribution in [0.5, 0.6) is 0 Å². The SMILES string of the molecule is CC1(C)C2CCC1(C)C(OCC1CCNC1)C2. The van der Waals surface area contributed by atoms with Crippen LogP contribution in [0.3, 0.4) is 0 Å². The predicted molar refractivity (Wildman–Crippen MR) is 69.9 cm³/mol. The summed E-state index contributed by atoms with van der Waals surface area (Å²) in [5, 5.41) is 3.43. The standard InChI is InChI=1S/C15H27NO/c1-14(2)12-4-6-15(14,3)13(8-12)17-10-11-5-7-16-9-11/h11-13,16H,4-10H2,1-3H3. The fourth-order valence-corrected chi connectivity index (χ4v) is 4.49. The molecule has 4 unspecified atom stereocenters. The lowest BCUT2D eigenvalue weighted by Gasteiger charge is -2.39. The molecule has 17 heavy (non-hydrogen) atoms. The summed E-state index contributed by atoms with van der Waals surface area (Å²) < 4.78 is 6.32. The third-order valence-corrected chi connectivity index (χ3v) is 6.41. The van der Waals surface area contributed by atoms with Crippen LogP contribution >= 0.6 is 0 Å². The van der Waals surface area contributed by atoms with Gasteiger partial charge in [0.05, 0.1) is 12.7 Å². The second-order valence-corrected chi connectivity index (χ2v) is 7.29. The molecule has 3 aliphatic rings. The van der Waals surface area contributed by atoms with Crippen LogP contribution < -0.4 is 5.32 Å². The van der Waals surface area contributed by atoms with Gasteiger partial charge in [0, 0.05) is 6.54 Å². The Kier molecular flexibility index (Phi) is 2.79. The molecule has 2 aliphatic carbocycles. The Hall–Kier alpha value is -0.0800. The smallest absolute Gasteiger partial charge is 0.0636 e. The van der Waals surface area contributed by atoms with E-state index in [2.05, 4.69) is 26.1 Å². The Morgan fingerprint density at radius 1 is 1.24 bits per heavy atom. The van der Waals surface area contributed by atoms with Gasteiger partial charge in [0.25, 0.3) is 0 Å². The Morgan fingerprint density at radius 3 is 2.59 bits per heavy atom. The van der Waals surface area contributed by atoms with Crippen molar-refractivity contribution in [2.75, 3.05) is 19.7 Å². The molecule has 0 aromatic carbocycles. The first-order chi connectivity index (χ1) is 8.04. The normalized spacial score (nSPS) is 47.8. The molecule has 2 heteroatoms. The average Bonchev–Trinajstić information content (AvgIpc) is 2.91. The van der Waals surface area contributed by atoms with Crippen molar-refractivity contribution in [2.24, 2.45) is 22.7 Å². The van der Waals surface area contributed by atoms with Crippen LogP contribution in [0.25, 0.3) is 0 Å². The Bertz CT molecular complexity index is 295. The lowest BCUT2D eigenvalue weighted by atomic mass is 9.70. The molecule has 3 rings (SSSR count). The zero-order chi connectivity index (χ0) is 12.1. The summed E-state index contributed by atoms with van der Waals surface area (Å²) in [6.45, 7) is 10.7. The van der Waals surface area contributed by atoms with Crippen molar-refractivity contribution >= 4 is 0 Å². The Labute approximate surface area is 105 Å². The number of hydrogen-bond donors (Lipinski definition) is 1. The summed E-state index contributed by atoms with van der Waals surface area (Å²) in [5.41, 5.74) is 0.926. The molecule has 0 radical (unpaired) electrons. The summed E-state index contributed by atoms with van der Waals surface area (Å²) in [4.78, 5) is 0. The van der Waals surface area contributed by atoms with Crippen molar-refractivity contribution in [3.05, 3.63) is 0 Å². The van der Waals surface area contributed by atoms with Gasteiger partial charge in [-0.3, -0.25) is 0 Å². The third-order valence-electron chi connectivity index (χ3n) is 6.41. The maximum atomic E-state index is 6.32. The molecule has 0 spiro atoms. The zero-order valence-electron chi connectivity index (χ0n) is 11.6. The first-order valence-corrected chi connectivity index (χ1v) is 7.36. The van der Waals surface area contributed by atoms with Gasteiger partial charge in [0.15, 0.2) is 0 Å². The van der Waals surface area contributed by atoms with Crippen LogP contribution in [-0.2, 0) is 4.74 Å². The van der Waals surface area contributed by atoms with Crippen molar-refractivity contribution in [3.8, 4) is 0 Å². The summed E-state index contributed by atoms with van der Waals surface area (Å²) in [6.07, 6.45) is 5.93. The molecular weight excluding hydrogens is 210 g/mol. The van der Waals surface area contributed by atoms with E-state index in [1.165, 1.54) is 32.2 Å². The van der Waals surface area contributed by atoms with E-state index < -0.39 is 0 Å². The lowest BCUT2D eigenvalue weighted by molar-refractivity contribution is -0.0567. The molecule has 0 aromatic heterocycles. The number of ether oxygens (including phenoxy) is 1. The molecule has 0 amide bonds.